The van der Waals surface area contributed by atoms with Gasteiger partial charge in [-0.05, 0) is 31.4 Å². The summed E-state index contributed by atoms with van der Waals surface area (Å²) in [6.45, 7) is 3.15. The molecule has 2 aliphatic rings. The number of piperidine rings is 1. The molecule has 0 radical (unpaired) electrons. The lowest BCUT2D eigenvalue weighted by Gasteiger charge is -2.28. The number of amides is 1. The van der Waals surface area contributed by atoms with Crippen molar-refractivity contribution in [1.82, 2.24) is 9.88 Å². The van der Waals surface area contributed by atoms with Gasteiger partial charge in [-0.3, -0.25) is 0 Å². The Morgan fingerprint density at radius 2 is 2.00 bits per heavy atom. The number of nitrogens with zero attached hydrogens (tertiary/aromatic N) is 3. The number of rotatable bonds is 1. The van der Waals surface area contributed by atoms with Crippen LogP contribution in [0.25, 0.3) is 0 Å². The van der Waals surface area contributed by atoms with Gasteiger partial charge in [-0.25, -0.2) is 4.79 Å². The van der Waals surface area contributed by atoms with Crippen LogP contribution in [0.1, 0.15) is 24.8 Å². The fraction of sp³-hybridized carbons (Fsp3) is 0.571. The number of ether oxygens (including phenoxy) is 1. The predicted octanol–water partition coefficient (Wildman–Crippen LogP) is 1.94. The Labute approximate surface area is 118 Å². The summed E-state index contributed by atoms with van der Waals surface area (Å²) in [5.41, 5.74) is 0.839. The topological polar surface area (TPSA) is 65.9 Å². The number of aromatic nitrogens is 1. The minimum absolute atomic E-state index is 0.345. The van der Waals surface area contributed by atoms with Crippen LogP contribution in [0, 0.1) is 0 Å². The van der Waals surface area contributed by atoms with Crippen LogP contribution in [-0.4, -0.2) is 47.3 Å². The van der Waals surface area contributed by atoms with E-state index in [1.165, 1.54) is 24.2 Å². The second kappa shape index (κ2) is 5.56. The molecule has 0 aromatic carbocycles. The molecule has 0 unspecified atom stereocenters. The molecule has 1 amide bonds. The first-order valence-electron chi connectivity index (χ1n) is 7.09. The number of carbonyl (C=O) groups is 1. The lowest BCUT2D eigenvalue weighted by molar-refractivity contribution is 0.137. The quantitative estimate of drug-likeness (QED) is 0.849. The van der Waals surface area contributed by atoms with Gasteiger partial charge in [0.2, 0.25) is 5.88 Å². The molecule has 6 heteroatoms. The van der Waals surface area contributed by atoms with E-state index in [1.54, 1.807) is 0 Å². The van der Waals surface area contributed by atoms with E-state index in [-0.39, 0.29) is 0 Å². The molecule has 1 saturated heterocycles. The number of hydrogen-bond acceptors (Lipinski definition) is 4. The lowest BCUT2D eigenvalue weighted by Crippen LogP contribution is -2.30. The highest BCUT2D eigenvalue weighted by Gasteiger charge is 2.21. The number of fused-ring (bicyclic) bond motifs is 1. The van der Waals surface area contributed by atoms with E-state index < -0.39 is 6.09 Å². The molecule has 0 bridgehead atoms. The summed E-state index contributed by atoms with van der Waals surface area (Å²) < 4.78 is 5.62. The second-order valence-electron chi connectivity index (χ2n) is 5.23. The van der Waals surface area contributed by atoms with Crippen molar-refractivity contribution in [3.05, 3.63) is 17.7 Å². The summed E-state index contributed by atoms with van der Waals surface area (Å²) in [6.07, 6.45) is 2.77. The summed E-state index contributed by atoms with van der Waals surface area (Å²) in [6, 6.07) is 3.91. The van der Waals surface area contributed by atoms with Gasteiger partial charge in [-0.1, -0.05) is 0 Å². The van der Waals surface area contributed by atoms with E-state index in [9.17, 15) is 4.79 Å². The van der Waals surface area contributed by atoms with Crippen LogP contribution in [0.15, 0.2) is 12.1 Å². The third-order valence-electron chi connectivity index (χ3n) is 3.84. The van der Waals surface area contributed by atoms with Gasteiger partial charge >= 0.3 is 6.09 Å². The number of carboxylic acid groups (broad SMARTS) is 1. The van der Waals surface area contributed by atoms with Gasteiger partial charge in [0.15, 0.2) is 0 Å². The molecule has 0 atom stereocenters. The minimum atomic E-state index is -0.915. The van der Waals surface area contributed by atoms with Crippen molar-refractivity contribution >= 4 is 11.9 Å². The normalized spacial score (nSPS) is 19.0. The van der Waals surface area contributed by atoms with Crippen LogP contribution in [0.3, 0.4) is 0 Å². The summed E-state index contributed by atoms with van der Waals surface area (Å²) in [5, 5.41) is 9.09. The number of pyridine rings is 1. The second-order valence-corrected chi connectivity index (χ2v) is 5.23. The molecule has 1 aromatic heterocycles. The molecule has 6 nitrogen and oxygen atoms in total. The molecule has 0 spiro atoms. The third-order valence-corrected chi connectivity index (χ3v) is 3.84. The van der Waals surface area contributed by atoms with Crippen molar-refractivity contribution in [2.45, 2.75) is 25.8 Å². The maximum atomic E-state index is 11.1. The molecule has 20 heavy (non-hydrogen) atoms. The highest BCUT2D eigenvalue weighted by Crippen LogP contribution is 2.26. The van der Waals surface area contributed by atoms with Gasteiger partial charge in [-0.15, -0.1) is 0 Å². The molecule has 3 rings (SSSR count). The molecule has 1 aromatic rings. The molecular formula is C14H19N3O3. The van der Waals surface area contributed by atoms with E-state index in [0.29, 0.717) is 25.6 Å². The smallest absolute Gasteiger partial charge is 0.407 e. The number of hydrogen-bond donors (Lipinski definition) is 1. The SMILES string of the molecule is O=C(O)N1CCOc2nc(N3CCCCC3)ccc2C1. The highest BCUT2D eigenvalue weighted by molar-refractivity contribution is 5.65. The van der Waals surface area contributed by atoms with Crippen molar-refractivity contribution in [3.8, 4) is 5.88 Å². The van der Waals surface area contributed by atoms with Crippen LogP contribution in [0.5, 0.6) is 5.88 Å². The standard InChI is InChI=1S/C14H19N3O3/c18-14(19)17-8-9-20-13-11(10-17)4-5-12(15-13)16-6-2-1-3-7-16/h4-5H,1-3,6-10H2,(H,18,19). The molecule has 108 valence electrons. The van der Waals surface area contributed by atoms with E-state index in [2.05, 4.69) is 9.88 Å². The van der Waals surface area contributed by atoms with Gasteiger partial charge in [0.25, 0.3) is 0 Å². The van der Waals surface area contributed by atoms with Gasteiger partial charge < -0.3 is 19.6 Å². The minimum Gasteiger partial charge on any atom is -0.475 e. The average molecular weight is 277 g/mol. The Balaban J connectivity index is 1.82. The highest BCUT2D eigenvalue weighted by atomic mass is 16.5. The first-order valence-corrected chi connectivity index (χ1v) is 7.09. The van der Waals surface area contributed by atoms with Gasteiger partial charge in [0, 0.05) is 18.7 Å². The zero-order valence-corrected chi connectivity index (χ0v) is 11.4. The van der Waals surface area contributed by atoms with Gasteiger partial charge in [-0.2, -0.15) is 4.98 Å². The van der Waals surface area contributed by atoms with E-state index in [4.69, 9.17) is 9.84 Å². The van der Waals surface area contributed by atoms with Crippen LogP contribution >= 0.6 is 0 Å². The maximum Gasteiger partial charge on any atom is 0.407 e. The fourth-order valence-electron chi connectivity index (χ4n) is 2.70. The number of anilines is 1. The fourth-order valence-corrected chi connectivity index (χ4v) is 2.70. The summed E-state index contributed by atoms with van der Waals surface area (Å²) in [4.78, 5) is 19.3. The first-order chi connectivity index (χ1) is 9.74. The Morgan fingerprint density at radius 1 is 1.20 bits per heavy atom. The Bertz CT molecular complexity index is 500. The monoisotopic (exact) mass is 277 g/mol. The summed E-state index contributed by atoms with van der Waals surface area (Å²) >= 11 is 0. The molecule has 0 aliphatic carbocycles. The zero-order chi connectivity index (χ0) is 13.9. The van der Waals surface area contributed by atoms with Crippen LogP contribution < -0.4 is 9.64 Å². The zero-order valence-electron chi connectivity index (χ0n) is 11.4. The van der Waals surface area contributed by atoms with E-state index in [0.717, 1.165) is 24.5 Å². The van der Waals surface area contributed by atoms with Crippen molar-refractivity contribution in [2.24, 2.45) is 0 Å². The van der Waals surface area contributed by atoms with Crippen LogP contribution in [0.2, 0.25) is 0 Å². The average Bonchev–Trinajstić information content (AvgIpc) is 2.69. The van der Waals surface area contributed by atoms with E-state index in [1.807, 2.05) is 12.1 Å². The van der Waals surface area contributed by atoms with Crippen molar-refractivity contribution in [2.75, 3.05) is 31.1 Å². The maximum absolute atomic E-state index is 11.1. The van der Waals surface area contributed by atoms with Crippen LogP contribution in [-0.2, 0) is 6.54 Å². The Kier molecular flexibility index (Phi) is 3.62. The van der Waals surface area contributed by atoms with Crippen molar-refractivity contribution < 1.29 is 14.6 Å². The van der Waals surface area contributed by atoms with Crippen LogP contribution in [0.4, 0.5) is 10.6 Å². The largest absolute Gasteiger partial charge is 0.475 e. The molecule has 3 heterocycles. The molecular weight excluding hydrogens is 258 g/mol. The molecule has 1 N–H and O–H groups in total. The third kappa shape index (κ3) is 2.64. The Hall–Kier alpha value is -1.98. The summed E-state index contributed by atoms with van der Waals surface area (Å²) in [7, 11) is 0. The lowest BCUT2D eigenvalue weighted by atomic mass is 10.1. The van der Waals surface area contributed by atoms with Crippen molar-refractivity contribution in [3.63, 3.8) is 0 Å². The first kappa shape index (κ1) is 13.0. The molecule has 1 fully saturated rings. The van der Waals surface area contributed by atoms with Gasteiger partial charge in [0.1, 0.15) is 12.4 Å². The predicted molar refractivity (Wildman–Crippen MR) is 74.2 cm³/mol. The Morgan fingerprint density at radius 3 is 2.75 bits per heavy atom. The molecule has 0 saturated carbocycles. The van der Waals surface area contributed by atoms with Gasteiger partial charge in [0.05, 0.1) is 13.1 Å². The van der Waals surface area contributed by atoms with E-state index >= 15 is 0 Å². The van der Waals surface area contributed by atoms with Crippen molar-refractivity contribution in [1.29, 1.82) is 0 Å². The molecule has 2 aliphatic heterocycles. The summed E-state index contributed by atoms with van der Waals surface area (Å²) in [5.74, 6) is 1.52.